The normalized spacial score (nSPS) is 21.9. The molecular weight excluding hydrogens is 220 g/mol. The van der Waals surface area contributed by atoms with Crippen LogP contribution in [0.25, 0.3) is 0 Å². The molecule has 1 aromatic carbocycles. The summed E-state index contributed by atoms with van der Waals surface area (Å²) >= 11 is 6.08. The van der Waals surface area contributed by atoms with E-state index >= 15 is 0 Å². The number of hydrogen-bond acceptors (Lipinski definition) is 2. The van der Waals surface area contributed by atoms with Crippen molar-refractivity contribution in [1.29, 1.82) is 0 Å². The third-order valence-corrected chi connectivity index (χ3v) is 3.52. The molecule has 0 bridgehead atoms. The summed E-state index contributed by atoms with van der Waals surface area (Å²) < 4.78 is 0. The van der Waals surface area contributed by atoms with Gasteiger partial charge >= 0.3 is 0 Å². The molecule has 0 spiro atoms. The summed E-state index contributed by atoms with van der Waals surface area (Å²) in [5.74, 6) is 0. The Morgan fingerprint density at radius 3 is 3.00 bits per heavy atom. The van der Waals surface area contributed by atoms with Crippen LogP contribution in [0.1, 0.15) is 18.9 Å². The minimum Gasteiger partial charge on any atom is -0.367 e. The fourth-order valence-corrected chi connectivity index (χ4v) is 2.43. The Bertz CT molecular complexity index is 365. The molecule has 1 heterocycles. The SMILES string of the molecule is Cc1ccc(Cl)cc1N1CCNCCC1C. The second-order valence-corrected chi connectivity index (χ2v) is 4.95. The molecule has 16 heavy (non-hydrogen) atoms. The Morgan fingerprint density at radius 1 is 1.38 bits per heavy atom. The van der Waals surface area contributed by atoms with Crippen molar-refractivity contribution in [2.45, 2.75) is 26.3 Å². The van der Waals surface area contributed by atoms with Gasteiger partial charge in [0.05, 0.1) is 0 Å². The molecule has 1 unspecified atom stereocenters. The third kappa shape index (κ3) is 2.50. The summed E-state index contributed by atoms with van der Waals surface area (Å²) in [5, 5.41) is 4.26. The molecule has 0 saturated carbocycles. The van der Waals surface area contributed by atoms with Gasteiger partial charge in [-0.05, 0) is 44.5 Å². The van der Waals surface area contributed by atoms with E-state index in [2.05, 4.69) is 36.2 Å². The van der Waals surface area contributed by atoms with Gasteiger partial charge in [0, 0.05) is 29.8 Å². The minimum atomic E-state index is 0.576. The smallest absolute Gasteiger partial charge is 0.0426 e. The van der Waals surface area contributed by atoms with Gasteiger partial charge in [-0.25, -0.2) is 0 Å². The van der Waals surface area contributed by atoms with Crippen molar-refractivity contribution in [1.82, 2.24) is 5.32 Å². The molecule has 2 rings (SSSR count). The van der Waals surface area contributed by atoms with Crippen LogP contribution in [-0.4, -0.2) is 25.7 Å². The van der Waals surface area contributed by atoms with Crippen molar-refractivity contribution in [3.63, 3.8) is 0 Å². The fraction of sp³-hybridized carbons (Fsp3) is 0.538. The van der Waals surface area contributed by atoms with Crippen LogP contribution in [0.15, 0.2) is 18.2 Å². The van der Waals surface area contributed by atoms with E-state index in [-0.39, 0.29) is 0 Å². The Kier molecular flexibility index (Phi) is 3.72. The molecule has 0 radical (unpaired) electrons. The maximum absolute atomic E-state index is 6.08. The number of anilines is 1. The number of nitrogens with one attached hydrogen (secondary N) is 1. The summed E-state index contributed by atoms with van der Waals surface area (Å²) in [6.45, 7) is 7.65. The summed E-state index contributed by atoms with van der Waals surface area (Å²) in [4.78, 5) is 2.46. The van der Waals surface area contributed by atoms with E-state index in [1.165, 1.54) is 17.7 Å². The second-order valence-electron chi connectivity index (χ2n) is 4.51. The summed E-state index contributed by atoms with van der Waals surface area (Å²) in [6, 6.07) is 6.72. The number of rotatable bonds is 1. The zero-order chi connectivity index (χ0) is 11.5. The van der Waals surface area contributed by atoms with Crippen LogP contribution >= 0.6 is 11.6 Å². The van der Waals surface area contributed by atoms with Crippen LogP contribution in [0.5, 0.6) is 0 Å². The van der Waals surface area contributed by atoms with Crippen LogP contribution in [-0.2, 0) is 0 Å². The number of hydrogen-bond donors (Lipinski definition) is 1. The maximum atomic E-state index is 6.08. The largest absolute Gasteiger partial charge is 0.367 e. The van der Waals surface area contributed by atoms with Crippen molar-refractivity contribution < 1.29 is 0 Å². The molecule has 1 aliphatic rings. The van der Waals surface area contributed by atoms with Gasteiger partial charge in [-0.3, -0.25) is 0 Å². The Balaban J connectivity index is 2.29. The van der Waals surface area contributed by atoms with Crippen LogP contribution in [0.4, 0.5) is 5.69 Å². The first-order chi connectivity index (χ1) is 7.68. The highest BCUT2D eigenvalue weighted by Crippen LogP contribution is 2.26. The second kappa shape index (κ2) is 5.07. The third-order valence-electron chi connectivity index (χ3n) is 3.28. The monoisotopic (exact) mass is 238 g/mol. The fourth-order valence-electron chi connectivity index (χ4n) is 2.26. The van der Waals surface area contributed by atoms with Crippen molar-refractivity contribution in [2.75, 3.05) is 24.5 Å². The molecule has 1 fully saturated rings. The number of nitrogens with zero attached hydrogens (tertiary/aromatic N) is 1. The Labute approximate surface area is 103 Å². The predicted molar refractivity (Wildman–Crippen MR) is 70.5 cm³/mol. The maximum Gasteiger partial charge on any atom is 0.0426 e. The zero-order valence-electron chi connectivity index (χ0n) is 9.96. The predicted octanol–water partition coefficient (Wildman–Crippen LogP) is 2.84. The van der Waals surface area contributed by atoms with Crippen LogP contribution in [0, 0.1) is 6.92 Å². The quantitative estimate of drug-likeness (QED) is 0.810. The van der Waals surface area contributed by atoms with E-state index in [0.29, 0.717) is 6.04 Å². The molecule has 1 atom stereocenters. The molecule has 0 aromatic heterocycles. The molecule has 3 heteroatoms. The van der Waals surface area contributed by atoms with Crippen LogP contribution in [0.3, 0.4) is 0 Å². The Morgan fingerprint density at radius 2 is 2.19 bits per heavy atom. The summed E-state index contributed by atoms with van der Waals surface area (Å²) in [7, 11) is 0. The van der Waals surface area contributed by atoms with Gasteiger partial charge in [0.25, 0.3) is 0 Å². The number of halogens is 1. The first-order valence-electron chi connectivity index (χ1n) is 5.92. The van der Waals surface area contributed by atoms with E-state index in [1.54, 1.807) is 0 Å². The van der Waals surface area contributed by atoms with Gasteiger partial charge in [0.1, 0.15) is 0 Å². The van der Waals surface area contributed by atoms with Crippen molar-refractivity contribution in [3.05, 3.63) is 28.8 Å². The molecule has 0 aliphatic carbocycles. The molecule has 1 saturated heterocycles. The number of aryl methyl sites for hydroxylation is 1. The number of benzene rings is 1. The van der Waals surface area contributed by atoms with Gasteiger partial charge in [-0.1, -0.05) is 17.7 Å². The van der Waals surface area contributed by atoms with Gasteiger partial charge < -0.3 is 10.2 Å². The van der Waals surface area contributed by atoms with Crippen LogP contribution in [0.2, 0.25) is 5.02 Å². The Hall–Kier alpha value is -0.730. The molecule has 2 nitrogen and oxygen atoms in total. The summed E-state index contributed by atoms with van der Waals surface area (Å²) in [6.07, 6.45) is 1.19. The van der Waals surface area contributed by atoms with Crippen molar-refractivity contribution in [3.8, 4) is 0 Å². The lowest BCUT2D eigenvalue weighted by Crippen LogP contribution is -2.34. The van der Waals surface area contributed by atoms with Gasteiger partial charge in [-0.2, -0.15) is 0 Å². The highest BCUT2D eigenvalue weighted by Gasteiger charge is 2.18. The lowest BCUT2D eigenvalue weighted by atomic mass is 10.1. The zero-order valence-corrected chi connectivity index (χ0v) is 10.7. The highest BCUT2D eigenvalue weighted by molar-refractivity contribution is 6.30. The lowest BCUT2D eigenvalue weighted by Gasteiger charge is -2.30. The molecule has 88 valence electrons. The molecule has 0 amide bonds. The van der Waals surface area contributed by atoms with Gasteiger partial charge in [0.15, 0.2) is 0 Å². The van der Waals surface area contributed by atoms with E-state index in [0.717, 1.165) is 24.7 Å². The van der Waals surface area contributed by atoms with Crippen LogP contribution < -0.4 is 10.2 Å². The van der Waals surface area contributed by atoms with Gasteiger partial charge in [-0.15, -0.1) is 0 Å². The van der Waals surface area contributed by atoms with E-state index < -0.39 is 0 Å². The topological polar surface area (TPSA) is 15.3 Å². The van der Waals surface area contributed by atoms with Crippen molar-refractivity contribution >= 4 is 17.3 Å². The molecular formula is C13H19ClN2. The molecule has 1 N–H and O–H groups in total. The van der Waals surface area contributed by atoms with Gasteiger partial charge in [0.2, 0.25) is 0 Å². The first-order valence-corrected chi connectivity index (χ1v) is 6.30. The first kappa shape index (κ1) is 11.7. The highest BCUT2D eigenvalue weighted by atomic mass is 35.5. The average Bonchev–Trinajstić information content (AvgIpc) is 2.47. The summed E-state index contributed by atoms with van der Waals surface area (Å²) in [5.41, 5.74) is 2.59. The van der Waals surface area contributed by atoms with E-state index in [1.807, 2.05) is 6.07 Å². The standard InChI is InChI=1S/C13H19ClN2/c1-10-3-4-12(14)9-13(10)16-8-7-15-6-5-11(16)2/h3-4,9,11,15H,5-8H2,1-2H3. The minimum absolute atomic E-state index is 0.576. The van der Waals surface area contributed by atoms with Crippen molar-refractivity contribution in [2.24, 2.45) is 0 Å². The molecule has 1 aromatic rings. The van der Waals surface area contributed by atoms with E-state index in [4.69, 9.17) is 11.6 Å². The lowest BCUT2D eigenvalue weighted by molar-refractivity contribution is 0.630. The van der Waals surface area contributed by atoms with E-state index in [9.17, 15) is 0 Å². The average molecular weight is 239 g/mol. The molecule has 1 aliphatic heterocycles.